The van der Waals surface area contributed by atoms with E-state index in [0.29, 0.717) is 17.9 Å². The summed E-state index contributed by atoms with van der Waals surface area (Å²) in [5, 5.41) is -0.00254. The Kier molecular flexibility index (Phi) is 5.99. The molecule has 1 heterocycles. The Labute approximate surface area is 165 Å². The zero-order valence-corrected chi connectivity index (χ0v) is 17.4. The van der Waals surface area contributed by atoms with E-state index >= 15 is 0 Å². The fraction of sp³-hybridized carbons (Fsp3) is 0.545. The summed E-state index contributed by atoms with van der Waals surface area (Å²) in [5.41, 5.74) is 3.49. The van der Waals surface area contributed by atoms with Crippen molar-refractivity contribution >= 4 is 28.6 Å². The summed E-state index contributed by atoms with van der Waals surface area (Å²) < 4.78 is 10.6. The molecule has 0 radical (unpaired) electrons. The molecular formula is C22H28O4S. The molecule has 4 nitrogen and oxygen atoms in total. The molecule has 1 saturated carbocycles. The van der Waals surface area contributed by atoms with Crippen molar-refractivity contribution in [2.45, 2.75) is 64.5 Å². The number of rotatable bonds is 4. The number of benzene rings is 1. The second-order valence-corrected chi connectivity index (χ2v) is 9.38. The molecule has 1 aliphatic heterocycles. The smallest absolute Gasteiger partial charge is 0.434 e. The zero-order valence-electron chi connectivity index (χ0n) is 16.6. The first kappa shape index (κ1) is 20.0. The first-order chi connectivity index (χ1) is 12.8. The first-order valence-corrected chi connectivity index (χ1v) is 10.5. The highest BCUT2D eigenvalue weighted by molar-refractivity contribution is 8.16. The van der Waals surface area contributed by atoms with E-state index in [2.05, 4.69) is 0 Å². The van der Waals surface area contributed by atoms with Gasteiger partial charge in [-0.2, -0.15) is 0 Å². The molecule has 0 N–H and O–H groups in total. The van der Waals surface area contributed by atoms with Crippen LogP contribution in [0.15, 0.2) is 24.0 Å². The summed E-state index contributed by atoms with van der Waals surface area (Å²) >= 11 is 1.34. The van der Waals surface area contributed by atoms with E-state index in [-0.39, 0.29) is 11.0 Å². The number of carbonyl (C=O) groups excluding carboxylic acids is 2. The van der Waals surface area contributed by atoms with Crippen LogP contribution in [0.5, 0.6) is 0 Å². The number of carbonyl (C=O) groups is 2. The van der Waals surface area contributed by atoms with E-state index in [9.17, 15) is 9.59 Å². The minimum Gasteiger partial charge on any atom is -0.434 e. The molecule has 2 aliphatic rings. The Balaban J connectivity index is 2.04. The van der Waals surface area contributed by atoms with Crippen LogP contribution in [0.25, 0.3) is 5.57 Å². The molecule has 1 aromatic rings. The SMILES string of the molecule is Cc1ccc(C)c(C2=C(OC(=O)OCC(C)C)C3(CCCCC3)SC2=O)c1. The minimum absolute atomic E-state index is 0.00254. The van der Waals surface area contributed by atoms with Gasteiger partial charge in [0.05, 0.1) is 16.9 Å². The maximum atomic E-state index is 13.0. The van der Waals surface area contributed by atoms with Gasteiger partial charge in [0.1, 0.15) is 5.76 Å². The van der Waals surface area contributed by atoms with Crippen molar-refractivity contribution in [3.8, 4) is 0 Å². The molecule has 1 aromatic carbocycles. The Morgan fingerprint density at radius 3 is 2.56 bits per heavy atom. The van der Waals surface area contributed by atoms with E-state index < -0.39 is 10.9 Å². The van der Waals surface area contributed by atoms with Gasteiger partial charge >= 0.3 is 6.16 Å². The molecule has 5 heteroatoms. The Bertz CT molecular complexity index is 773. The van der Waals surface area contributed by atoms with Gasteiger partial charge < -0.3 is 9.47 Å². The van der Waals surface area contributed by atoms with Crippen molar-refractivity contribution in [3.63, 3.8) is 0 Å². The summed E-state index contributed by atoms with van der Waals surface area (Å²) in [6, 6.07) is 6.05. The molecule has 146 valence electrons. The lowest BCUT2D eigenvalue weighted by atomic mass is 9.84. The second-order valence-electron chi connectivity index (χ2n) is 8.02. The highest BCUT2D eigenvalue weighted by Gasteiger charge is 2.50. The molecule has 1 spiro atoms. The summed E-state index contributed by atoms with van der Waals surface area (Å²) in [6.07, 6.45) is 4.22. The highest BCUT2D eigenvalue weighted by atomic mass is 32.2. The Hall–Kier alpha value is -1.75. The largest absolute Gasteiger partial charge is 0.513 e. The topological polar surface area (TPSA) is 52.6 Å². The molecule has 0 aromatic heterocycles. The number of hydrogen-bond acceptors (Lipinski definition) is 5. The number of ether oxygens (including phenoxy) is 2. The van der Waals surface area contributed by atoms with Crippen LogP contribution < -0.4 is 0 Å². The quantitative estimate of drug-likeness (QED) is 0.610. The highest BCUT2D eigenvalue weighted by Crippen LogP contribution is 2.55. The average Bonchev–Trinajstić information content (AvgIpc) is 2.87. The van der Waals surface area contributed by atoms with E-state index in [4.69, 9.17) is 9.47 Å². The van der Waals surface area contributed by atoms with Gasteiger partial charge in [0.15, 0.2) is 0 Å². The average molecular weight is 389 g/mol. The molecular weight excluding hydrogens is 360 g/mol. The van der Waals surface area contributed by atoms with Gasteiger partial charge in [0.2, 0.25) is 5.12 Å². The van der Waals surface area contributed by atoms with Gasteiger partial charge in [-0.1, -0.05) is 68.6 Å². The third kappa shape index (κ3) is 4.23. The summed E-state index contributed by atoms with van der Waals surface area (Å²) in [4.78, 5) is 25.4. The molecule has 1 aliphatic carbocycles. The fourth-order valence-electron chi connectivity index (χ4n) is 3.78. The lowest BCUT2D eigenvalue weighted by Crippen LogP contribution is -2.31. The van der Waals surface area contributed by atoms with Crippen LogP contribution in [0.2, 0.25) is 0 Å². The maximum absolute atomic E-state index is 13.0. The van der Waals surface area contributed by atoms with Gasteiger partial charge in [-0.3, -0.25) is 4.79 Å². The van der Waals surface area contributed by atoms with Crippen molar-refractivity contribution in [3.05, 3.63) is 40.6 Å². The lowest BCUT2D eigenvalue weighted by molar-refractivity contribution is -0.106. The first-order valence-electron chi connectivity index (χ1n) is 9.73. The summed E-state index contributed by atoms with van der Waals surface area (Å²) in [7, 11) is 0. The molecule has 3 rings (SSSR count). The normalized spacial score (nSPS) is 19.1. The number of hydrogen-bond donors (Lipinski definition) is 0. The van der Waals surface area contributed by atoms with Crippen molar-refractivity contribution < 1.29 is 19.1 Å². The number of thioether (sulfide) groups is 1. The second kappa shape index (κ2) is 8.09. The third-order valence-corrected chi connectivity index (χ3v) is 6.55. The van der Waals surface area contributed by atoms with Gasteiger partial charge in [-0.25, -0.2) is 4.79 Å². The monoisotopic (exact) mass is 388 g/mol. The van der Waals surface area contributed by atoms with Crippen LogP contribution in [-0.4, -0.2) is 22.6 Å². The van der Waals surface area contributed by atoms with Crippen LogP contribution in [0, 0.1) is 19.8 Å². The zero-order chi connectivity index (χ0) is 19.6. The van der Waals surface area contributed by atoms with Crippen molar-refractivity contribution in [2.24, 2.45) is 5.92 Å². The van der Waals surface area contributed by atoms with Gasteiger partial charge in [0.25, 0.3) is 0 Å². The Morgan fingerprint density at radius 2 is 1.89 bits per heavy atom. The van der Waals surface area contributed by atoms with Crippen molar-refractivity contribution in [1.29, 1.82) is 0 Å². The van der Waals surface area contributed by atoms with Crippen LogP contribution in [0.1, 0.15) is 62.6 Å². The molecule has 1 fully saturated rings. The van der Waals surface area contributed by atoms with Crippen molar-refractivity contribution in [1.82, 2.24) is 0 Å². The Morgan fingerprint density at radius 1 is 1.19 bits per heavy atom. The minimum atomic E-state index is -0.707. The maximum Gasteiger partial charge on any atom is 0.513 e. The predicted molar refractivity (Wildman–Crippen MR) is 109 cm³/mol. The number of aryl methyl sites for hydroxylation is 2. The molecule has 27 heavy (non-hydrogen) atoms. The van der Waals surface area contributed by atoms with E-state index in [1.165, 1.54) is 11.8 Å². The van der Waals surface area contributed by atoms with Crippen LogP contribution >= 0.6 is 11.8 Å². The molecule has 0 atom stereocenters. The van der Waals surface area contributed by atoms with E-state index in [0.717, 1.165) is 48.8 Å². The van der Waals surface area contributed by atoms with Crippen LogP contribution in [-0.2, 0) is 14.3 Å². The summed E-state index contributed by atoms with van der Waals surface area (Å²) in [5.74, 6) is 0.743. The molecule has 0 amide bonds. The van der Waals surface area contributed by atoms with Gasteiger partial charge in [-0.05, 0) is 43.7 Å². The molecule has 0 unspecified atom stereocenters. The third-order valence-electron chi connectivity index (χ3n) is 5.18. The van der Waals surface area contributed by atoms with Gasteiger partial charge in [-0.15, -0.1) is 0 Å². The molecule has 0 saturated heterocycles. The van der Waals surface area contributed by atoms with Gasteiger partial charge in [0, 0.05) is 0 Å². The standard InChI is InChI=1S/C22H28O4S/c1-14(2)13-25-21(24)26-19-18(17-12-15(3)8-9-16(17)4)20(23)27-22(19)10-6-5-7-11-22/h8-9,12,14H,5-7,10-11,13H2,1-4H3. The van der Waals surface area contributed by atoms with Crippen molar-refractivity contribution in [2.75, 3.05) is 6.61 Å². The van der Waals surface area contributed by atoms with Crippen LogP contribution in [0.3, 0.4) is 0 Å². The molecule has 0 bridgehead atoms. The van der Waals surface area contributed by atoms with E-state index in [1.54, 1.807) is 0 Å². The van der Waals surface area contributed by atoms with E-state index in [1.807, 2.05) is 45.9 Å². The van der Waals surface area contributed by atoms with Crippen LogP contribution in [0.4, 0.5) is 4.79 Å². The fourth-order valence-corrected chi connectivity index (χ4v) is 5.17. The lowest BCUT2D eigenvalue weighted by Gasteiger charge is -2.33. The summed E-state index contributed by atoms with van der Waals surface area (Å²) in [6.45, 7) is 8.25. The predicted octanol–water partition coefficient (Wildman–Crippen LogP) is 5.80.